The van der Waals surface area contributed by atoms with E-state index in [0.29, 0.717) is 12.1 Å². The molecule has 20 heavy (non-hydrogen) atoms. The van der Waals surface area contributed by atoms with Gasteiger partial charge in [-0.15, -0.1) is 0 Å². The van der Waals surface area contributed by atoms with Gasteiger partial charge in [-0.3, -0.25) is 14.3 Å². The van der Waals surface area contributed by atoms with Gasteiger partial charge in [-0.25, -0.2) is 0 Å². The lowest BCUT2D eigenvalue weighted by Gasteiger charge is -2.04. The van der Waals surface area contributed by atoms with Crippen LogP contribution in [0, 0.1) is 0 Å². The summed E-state index contributed by atoms with van der Waals surface area (Å²) < 4.78 is 1.66. The van der Waals surface area contributed by atoms with Gasteiger partial charge in [0.1, 0.15) is 0 Å². The molecular formula is C14H13N3O3. The molecule has 1 amide bonds. The van der Waals surface area contributed by atoms with E-state index < -0.39 is 5.97 Å². The highest BCUT2D eigenvalue weighted by Crippen LogP contribution is 2.29. The predicted octanol–water partition coefficient (Wildman–Crippen LogP) is 1.21. The first-order chi connectivity index (χ1) is 9.52. The van der Waals surface area contributed by atoms with Crippen molar-refractivity contribution in [1.82, 2.24) is 9.78 Å². The maximum Gasteiger partial charge on any atom is 0.309 e. The Hall–Kier alpha value is -2.63. The molecule has 2 N–H and O–H groups in total. The fourth-order valence-corrected chi connectivity index (χ4v) is 2.43. The van der Waals surface area contributed by atoms with Gasteiger partial charge in [0.25, 0.3) is 0 Å². The van der Waals surface area contributed by atoms with E-state index in [1.165, 1.54) is 0 Å². The molecule has 2 aromatic rings. The zero-order valence-corrected chi connectivity index (χ0v) is 10.9. The second kappa shape index (κ2) is 4.48. The maximum absolute atomic E-state index is 11.3. The second-order valence-electron chi connectivity index (χ2n) is 4.81. The number of nitrogens with zero attached hydrogens (tertiary/aromatic N) is 2. The number of carboxylic acid groups (broad SMARTS) is 1. The van der Waals surface area contributed by atoms with E-state index in [0.717, 1.165) is 22.5 Å². The zero-order valence-electron chi connectivity index (χ0n) is 10.9. The van der Waals surface area contributed by atoms with Crippen molar-refractivity contribution in [3.05, 3.63) is 35.5 Å². The standard InChI is InChI=1S/C14H13N3O3/c1-17-12(6-10(16-17)7-14(19)20)8-2-3-11-9(4-8)5-13(18)15-11/h2-4,6H,5,7H2,1H3,(H,15,18)(H,19,20). The van der Waals surface area contributed by atoms with Gasteiger partial charge in [-0.2, -0.15) is 5.10 Å². The van der Waals surface area contributed by atoms with Crippen LogP contribution in [-0.4, -0.2) is 26.8 Å². The molecule has 0 bridgehead atoms. The average Bonchev–Trinajstić information content (AvgIpc) is 2.89. The molecule has 1 aliphatic heterocycles. The van der Waals surface area contributed by atoms with Crippen LogP contribution < -0.4 is 5.32 Å². The van der Waals surface area contributed by atoms with Gasteiger partial charge < -0.3 is 10.4 Å². The van der Waals surface area contributed by atoms with Crippen LogP contribution in [0.25, 0.3) is 11.3 Å². The Bertz CT molecular complexity index is 718. The van der Waals surface area contributed by atoms with E-state index in [2.05, 4.69) is 10.4 Å². The fourth-order valence-electron chi connectivity index (χ4n) is 2.43. The number of carbonyl (C=O) groups excluding carboxylic acids is 1. The summed E-state index contributed by atoms with van der Waals surface area (Å²) in [6.45, 7) is 0. The SMILES string of the molecule is Cn1nc(CC(=O)O)cc1-c1ccc2c(c1)CC(=O)N2. The Morgan fingerprint density at radius 1 is 1.45 bits per heavy atom. The lowest BCUT2D eigenvalue weighted by molar-refractivity contribution is -0.136. The highest BCUT2D eigenvalue weighted by atomic mass is 16.4. The number of anilines is 1. The molecule has 1 aliphatic rings. The van der Waals surface area contributed by atoms with E-state index in [4.69, 9.17) is 5.11 Å². The first-order valence-corrected chi connectivity index (χ1v) is 6.21. The van der Waals surface area contributed by atoms with Crippen LogP contribution in [0.5, 0.6) is 0 Å². The average molecular weight is 271 g/mol. The van der Waals surface area contributed by atoms with Crippen LogP contribution in [0.15, 0.2) is 24.3 Å². The number of carboxylic acids is 1. The van der Waals surface area contributed by atoms with Crippen LogP contribution in [0.1, 0.15) is 11.3 Å². The Morgan fingerprint density at radius 3 is 3.00 bits per heavy atom. The van der Waals surface area contributed by atoms with E-state index in [-0.39, 0.29) is 12.3 Å². The van der Waals surface area contributed by atoms with E-state index >= 15 is 0 Å². The van der Waals surface area contributed by atoms with Crippen LogP contribution in [0.2, 0.25) is 0 Å². The van der Waals surface area contributed by atoms with Gasteiger partial charge in [0.15, 0.2) is 0 Å². The van der Waals surface area contributed by atoms with Crippen molar-refractivity contribution in [2.75, 3.05) is 5.32 Å². The first-order valence-electron chi connectivity index (χ1n) is 6.21. The monoisotopic (exact) mass is 271 g/mol. The van der Waals surface area contributed by atoms with Gasteiger partial charge >= 0.3 is 5.97 Å². The highest BCUT2D eigenvalue weighted by Gasteiger charge is 2.19. The molecule has 0 saturated heterocycles. The molecule has 1 aromatic heterocycles. The van der Waals surface area contributed by atoms with Crippen molar-refractivity contribution >= 4 is 17.6 Å². The van der Waals surface area contributed by atoms with Crippen LogP contribution in [0.3, 0.4) is 0 Å². The normalized spacial score (nSPS) is 13.2. The summed E-state index contributed by atoms with van der Waals surface area (Å²) in [5.41, 5.74) is 4.07. The van der Waals surface area contributed by atoms with Crippen molar-refractivity contribution in [1.29, 1.82) is 0 Å². The molecule has 0 radical (unpaired) electrons. The van der Waals surface area contributed by atoms with Crippen molar-refractivity contribution < 1.29 is 14.7 Å². The van der Waals surface area contributed by atoms with Crippen molar-refractivity contribution in [2.45, 2.75) is 12.8 Å². The van der Waals surface area contributed by atoms with Crippen LogP contribution >= 0.6 is 0 Å². The molecular weight excluding hydrogens is 258 g/mol. The summed E-state index contributed by atoms with van der Waals surface area (Å²) in [4.78, 5) is 22.1. The summed E-state index contributed by atoms with van der Waals surface area (Å²) in [5.74, 6) is -0.910. The number of amides is 1. The quantitative estimate of drug-likeness (QED) is 0.878. The number of aryl methyl sites for hydroxylation is 1. The molecule has 102 valence electrons. The van der Waals surface area contributed by atoms with E-state index in [1.807, 2.05) is 18.2 Å². The number of aliphatic carboxylic acids is 1. The maximum atomic E-state index is 11.3. The van der Waals surface area contributed by atoms with Crippen molar-refractivity contribution in [3.63, 3.8) is 0 Å². The topological polar surface area (TPSA) is 84.2 Å². The Balaban J connectivity index is 1.97. The number of carbonyl (C=O) groups is 2. The lowest BCUT2D eigenvalue weighted by atomic mass is 10.1. The van der Waals surface area contributed by atoms with Gasteiger partial charge in [0.2, 0.25) is 5.91 Å². The highest BCUT2D eigenvalue weighted by molar-refractivity contribution is 5.99. The molecule has 1 aromatic carbocycles. The number of nitrogens with one attached hydrogen (secondary N) is 1. The first kappa shape index (κ1) is 12.4. The third-order valence-corrected chi connectivity index (χ3v) is 3.29. The minimum Gasteiger partial charge on any atom is -0.481 e. The number of rotatable bonds is 3. The van der Waals surface area contributed by atoms with E-state index in [9.17, 15) is 9.59 Å². The molecule has 6 nitrogen and oxygen atoms in total. The smallest absolute Gasteiger partial charge is 0.309 e. The Kier molecular flexibility index (Phi) is 2.78. The summed E-state index contributed by atoms with van der Waals surface area (Å²) >= 11 is 0. The molecule has 0 spiro atoms. The number of benzene rings is 1. The predicted molar refractivity (Wildman–Crippen MR) is 72.3 cm³/mol. The number of fused-ring (bicyclic) bond motifs is 1. The van der Waals surface area contributed by atoms with E-state index in [1.54, 1.807) is 17.8 Å². The third-order valence-electron chi connectivity index (χ3n) is 3.29. The number of aromatic nitrogens is 2. The van der Waals surface area contributed by atoms with Gasteiger partial charge in [-0.05, 0) is 23.8 Å². The lowest BCUT2D eigenvalue weighted by Crippen LogP contribution is -2.03. The largest absolute Gasteiger partial charge is 0.481 e. The molecule has 0 unspecified atom stereocenters. The summed E-state index contributed by atoms with van der Waals surface area (Å²) in [6.07, 6.45) is 0.280. The van der Waals surface area contributed by atoms with Gasteiger partial charge in [0.05, 0.1) is 24.2 Å². The van der Waals surface area contributed by atoms with Crippen LogP contribution in [-0.2, 0) is 29.5 Å². The van der Waals surface area contributed by atoms with Gasteiger partial charge in [-0.1, -0.05) is 6.07 Å². The zero-order chi connectivity index (χ0) is 14.3. The molecule has 0 atom stereocenters. The Labute approximate surface area is 115 Å². The number of hydrogen-bond acceptors (Lipinski definition) is 3. The molecule has 3 rings (SSSR count). The third kappa shape index (κ3) is 2.16. The number of hydrogen-bond donors (Lipinski definition) is 2. The summed E-state index contributed by atoms with van der Waals surface area (Å²) in [7, 11) is 1.78. The summed E-state index contributed by atoms with van der Waals surface area (Å²) in [6, 6.07) is 7.46. The van der Waals surface area contributed by atoms with Gasteiger partial charge in [0, 0.05) is 18.3 Å². The van der Waals surface area contributed by atoms with Crippen LogP contribution in [0.4, 0.5) is 5.69 Å². The fraction of sp³-hybridized carbons (Fsp3) is 0.214. The molecule has 0 aliphatic carbocycles. The molecule has 0 fully saturated rings. The molecule has 0 saturated carbocycles. The summed E-state index contributed by atoms with van der Waals surface area (Å²) in [5, 5.41) is 15.8. The van der Waals surface area contributed by atoms with Crippen molar-refractivity contribution in [2.24, 2.45) is 7.05 Å². The van der Waals surface area contributed by atoms with Crippen molar-refractivity contribution in [3.8, 4) is 11.3 Å². The Morgan fingerprint density at radius 2 is 2.25 bits per heavy atom. The molecule has 6 heteroatoms. The minimum atomic E-state index is -0.904. The molecule has 2 heterocycles. The second-order valence-corrected chi connectivity index (χ2v) is 4.81. The minimum absolute atomic E-state index is 0.00581.